The van der Waals surface area contributed by atoms with E-state index < -0.39 is 0 Å². The van der Waals surface area contributed by atoms with Crippen molar-refractivity contribution < 1.29 is 9.59 Å². The van der Waals surface area contributed by atoms with Crippen LogP contribution in [0.1, 0.15) is 44.2 Å². The molecule has 1 aromatic carbocycles. The molecule has 1 aliphatic heterocycles. The van der Waals surface area contributed by atoms with E-state index in [1.807, 2.05) is 31.2 Å². The summed E-state index contributed by atoms with van der Waals surface area (Å²) in [6, 6.07) is 7.72. The number of nitrogens with zero attached hydrogens (tertiary/aromatic N) is 3. The normalized spacial score (nSPS) is 17.6. The van der Waals surface area contributed by atoms with Crippen molar-refractivity contribution in [1.82, 2.24) is 10.2 Å². The summed E-state index contributed by atoms with van der Waals surface area (Å²) in [6.45, 7) is 8.67. The van der Waals surface area contributed by atoms with Crippen molar-refractivity contribution in [3.05, 3.63) is 34.8 Å². The number of amides is 2. The molecule has 3 rings (SSSR count). The number of rotatable bonds is 5. The van der Waals surface area contributed by atoms with E-state index in [2.05, 4.69) is 36.3 Å². The molecule has 7 heteroatoms. The summed E-state index contributed by atoms with van der Waals surface area (Å²) >= 11 is 1.40. The fraction of sp³-hybridized carbons (Fsp3) is 0.474. The molecule has 2 heterocycles. The van der Waals surface area contributed by atoms with Gasteiger partial charge in [0.1, 0.15) is 5.01 Å². The number of anilines is 2. The van der Waals surface area contributed by atoms with Crippen LogP contribution in [-0.2, 0) is 15.0 Å². The van der Waals surface area contributed by atoms with Crippen molar-refractivity contribution in [2.75, 3.05) is 16.8 Å². The van der Waals surface area contributed by atoms with E-state index in [1.54, 1.807) is 4.90 Å². The predicted octanol–water partition coefficient (Wildman–Crippen LogP) is 3.53. The largest absolute Gasteiger partial charge is 0.311 e. The van der Waals surface area contributed by atoms with E-state index >= 15 is 0 Å². The number of carbonyl (C=O) groups excluding carboxylic acids is 2. The minimum Gasteiger partial charge on any atom is -0.311 e. The number of aromatic nitrogens is 2. The highest BCUT2D eigenvalue weighted by molar-refractivity contribution is 7.15. The molecule has 0 unspecified atom stereocenters. The summed E-state index contributed by atoms with van der Waals surface area (Å²) in [4.78, 5) is 26.7. The van der Waals surface area contributed by atoms with Gasteiger partial charge in [0.05, 0.1) is 5.92 Å². The van der Waals surface area contributed by atoms with E-state index in [9.17, 15) is 9.59 Å². The van der Waals surface area contributed by atoms with Crippen LogP contribution in [0.15, 0.2) is 24.3 Å². The van der Waals surface area contributed by atoms with Gasteiger partial charge in [0.2, 0.25) is 16.9 Å². The average Bonchev–Trinajstić information content (AvgIpc) is 3.23. The second-order valence-corrected chi connectivity index (χ2v) is 8.31. The molecule has 0 bridgehead atoms. The lowest BCUT2D eigenvalue weighted by atomic mass is 9.91. The first kappa shape index (κ1) is 18.5. The number of hydrogen-bond acceptors (Lipinski definition) is 5. The number of carbonyl (C=O) groups is 2. The fourth-order valence-electron chi connectivity index (χ4n) is 2.89. The predicted molar refractivity (Wildman–Crippen MR) is 103 cm³/mol. The highest BCUT2D eigenvalue weighted by Gasteiger charge is 2.36. The van der Waals surface area contributed by atoms with Crippen molar-refractivity contribution in [3.8, 4) is 0 Å². The lowest BCUT2D eigenvalue weighted by Crippen LogP contribution is -2.28. The molecule has 1 aromatic heterocycles. The quantitative estimate of drug-likeness (QED) is 0.871. The monoisotopic (exact) mass is 372 g/mol. The second-order valence-electron chi connectivity index (χ2n) is 7.33. The molecule has 1 fully saturated rings. The zero-order valence-corrected chi connectivity index (χ0v) is 16.4. The third-order valence-electron chi connectivity index (χ3n) is 5.02. The highest BCUT2D eigenvalue weighted by Crippen LogP contribution is 2.32. The van der Waals surface area contributed by atoms with E-state index in [1.165, 1.54) is 11.3 Å². The molecular formula is C19H24N4O2S. The van der Waals surface area contributed by atoms with Crippen molar-refractivity contribution >= 4 is 34.0 Å². The van der Waals surface area contributed by atoms with Gasteiger partial charge in [-0.2, -0.15) is 0 Å². The number of hydrogen-bond donors (Lipinski definition) is 1. The Morgan fingerprint density at radius 3 is 2.77 bits per heavy atom. The first-order valence-electron chi connectivity index (χ1n) is 8.82. The van der Waals surface area contributed by atoms with Gasteiger partial charge in [-0.05, 0) is 25.0 Å². The molecule has 26 heavy (non-hydrogen) atoms. The maximum absolute atomic E-state index is 12.6. The van der Waals surface area contributed by atoms with E-state index in [0.29, 0.717) is 11.7 Å². The molecule has 0 saturated carbocycles. The smallest absolute Gasteiger partial charge is 0.231 e. The molecule has 1 N–H and O–H groups in total. The lowest BCUT2D eigenvalue weighted by molar-refractivity contribution is -0.122. The van der Waals surface area contributed by atoms with Crippen LogP contribution >= 0.6 is 11.3 Å². The van der Waals surface area contributed by atoms with Gasteiger partial charge in [-0.15, -0.1) is 10.2 Å². The summed E-state index contributed by atoms with van der Waals surface area (Å²) in [6.07, 6.45) is 1.16. The van der Waals surface area contributed by atoms with Crippen molar-refractivity contribution in [2.45, 2.75) is 46.0 Å². The van der Waals surface area contributed by atoms with Crippen molar-refractivity contribution in [3.63, 3.8) is 0 Å². The van der Waals surface area contributed by atoms with Crippen LogP contribution < -0.4 is 10.2 Å². The van der Waals surface area contributed by atoms with Crippen LogP contribution in [0.25, 0.3) is 0 Å². The number of nitrogens with one attached hydrogen (secondary N) is 1. The first-order valence-corrected chi connectivity index (χ1v) is 9.64. The first-order chi connectivity index (χ1) is 12.3. The maximum Gasteiger partial charge on any atom is 0.231 e. The molecule has 1 atom stereocenters. The zero-order valence-electron chi connectivity index (χ0n) is 15.6. The lowest BCUT2D eigenvalue weighted by Gasteiger charge is -2.18. The molecule has 0 spiro atoms. The Bertz CT molecular complexity index is 830. The summed E-state index contributed by atoms with van der Waals surface area (Å²) < 4.78 is 0. The van der Waals surface area contributed by atoms with Crippen molar-refractivity contribution in [2.24, 2.45) is 5.92 Å². The van der Waals surface area contributed by atoms with E-state index in [-0.39, 0.29) is 29.6 Å². The molecule has 0 radical (unpaired) electrons. The number of para-hydroxylation sites is 1. The van der Waals surface area contributed by atoms with Crippen LogP contribution in [0.4, 0.5) is 10.8 Å². The minimum absolute atomic E-state index is 0.0236. The van der Waals surface area contributed by atoms with Gasteiger partial charge in [-0.1, -0.05) is 50.3 Å². The minimum atomic E-state index is -0.381. The average molecular weight is 372 g/mol. The van der Waals surface area contributed by atoms with Crippen LogP contribution in [0.2, 0.25) is 0 Å². The Morgan fingerprint density at radius 2 is 2.08 bits per heavy atom. The molecular weight excluding hydrogens is 348 g/mol. The fourth-order valence-corrected chi connectivity index (χ4v) is 3.81. The standard InChI is InChI=1S/C19H24N4O2S/c1-5-19(3,4)17-21-22-18(26-17)20-16(25)13-10-15(24)23(11-13)14-9-7-6-8-12(14)2/h6-9,13H,5,10-11H2,1-4H3,(H,20,22,25)/t13-/m0/s1. The molecule has 0 aliphatic carbocycles. The summed E-state index contributed by atoms with van der Waals surface area (Å²) in [5.74, 6) is -0.579. The summed E-state index contributed by atoms with van der Waals surface area (Å²) in [5, 5.41) is 12.5. The third-order valence-corrected chi connectivity index (χ3v) is 6.22. The Kier molecular flexibility index (Phi) is 5.09. The summed E-state index contributed by atoms with van der Waals surface area (Å²) in [5.41, 5.74) is 1.83. The van der Waals surface area contributed by atoms with Gasteiger partial charge in [0.25, 0.3) is 0 Å². The molecule has 6 nitrogen and oxygen atoms in total. The molecule has 2 aromatic rings. The third kappa shape index (κ3) is 3.62. The number of aryl methyl sites for hydroxylation is 1. The van der Waals surface area contributed by atoms with Gasteiger partial charge in [0.15, 0.2) is 0 Å². The van der Waals surface area contributed by atoms with Crippen LogP contribution in [0, 0.1) is 12.8 Å². The van der Waals surface area contributed by atoms with Gasteiger partial charge >= 0.3 is 0 Å². The molecule has 1 saturated heterocycles. The van der Waals surface area contributed by atoms with Gasteiger partial charge in [-0.25, -0.2) is 0 Å². The highest BCUT2D eigenvalue weighted by atomic mass is 32.1. The van der Waals surface area contributed by atoms with Gasteiger partial charge in [-0.3, -0.25) is 9.59 Å². The molecule has 138 valence electrons. The second kappa shape index (κ2) is 7.15. The van der Waals surface area contributed by atoms with Gasteiger partial charge < -0.3 is 10.2 Å². The van der Waals surface area contributed by atoms with E-state index in [4.69, 9.17) is 0 Å². The number of benzene rings is 1. The molecule has 1 aliphatic rings. The van der Waals surface area contributed by atoms with Crippen LogP contribution in [-0.4, -0.2) is 28.6 Å². The zero-order chi connectivity index (χ0) is 18.9. The Hall–Kier alpha value is -2.28. The van der Waals surface area contributed by atoms with Crippen LogP contribution in [0.5, 0.6) is 0 Å². The Labute approximate surface area is 157 Å². The SMILES string of the molecule is CCC(C)(C)c1nnc(NC(=O)[C@H]2CC(=O)N(c3ccccc3C)C2)s1. The maximum atomic E-state index is 12.6. The van der Waals surface area contributed by atoms with E-state index in [0.717, 1.165) is 22.7 Å². The summed E-state index contributed by atoms with van der Waals surface area (Å²) in [7, 11) is 0. The topological polar surface area (TPSA) is 75.2 Å². The van der Waals surface area contributed by atoms with Crippen molar-refractivity contribution in [1.29, 1.82) is 0 Å². The Balaban J connectivity index is 1.68. The molecule has 2 amide bonds. The van der Waals surface area contributed by atoms with Gasteiger partial charge in [0, 0.05) is 24.1 Å². The van der Waals surface area contributed by atoms with Crippen LogP contribution in [0.3, 0.4) is 0 Å². The Morgan fingerprint density at radius 1 is 1.35 bits per heavy atom.